The van der Waals surface area contributed by atoms with Crippen molar-refractivity contribution in [3.63, 3.8) is 0 Å². The maximum atomic E-state index is 9.70. The third-order valence-corrected chi connectivity index (χ3v) is 4.73. The molecule has 0 radical (unpaired) electrons. The van der Waals surface area contributed by atoms with E-state index in [9.17, 15) is 5.26 Å². The monoisotopic (exact) mass is 313 g/mol. The van der Waals surface area contributed by atoms with E-state index in [0.29, 0.717) is 11.5 Å². The number of hydrogen-bond acceptors (Lipinski definition) is 4. The summed E-state index contributed by atoms with van der Waals surface area (Å²) in [5.41, 5.74) is 2.09. The van der Waals surface area contributed by atoms with E-state index < -0.39 is 4.75 Å². The second-order valence-corrected chi connectivity index (χ2v) is 6.62. The molecule has 0 saturated heterocycles. The first-order valence-corrected chi connectivity index (χ1v) is 7.73. The molecule has 22 heavy (non-hydrogen) atoms. The number of nitriles is 1. The number of thioether (sulfide) groups is 1. The quantitative estimate of drug-likeness (QED) is 0.760. The first-order chi connectivity index (χ1) is 10.5. The van der Waals surface area contributed by atoms with Crippen LogP contribution in [0.3, 0.4) is 0 Å². The molecule has 2 rings (SSSR count). The minimum absolute atomic E-state index is 0.631. The van der Waals surface area contributed by atoms with Crippen LogP contribution in [0.1, 0.15) is 18.1 Å². The zero-order valence-corrected chi connectivity index (χ0v) is 14.0. The van der Waals surface area contributed by atoms with E-state index in [1.54, 1.807) is 14.2 Å². The van der Waals surface area contributed by atoms with E-state index in [2.05, 4.69) is 18.2 Å². The highest BCUT2D eigenvalue weighted by molar-refractivity contribution is 8.00. The average Bonchev–Trinajstić information content (AvgIpc) is 2.56. The molecule has 0 spiro atoms. The molecule has 3 nitrogen and oxygen atoms in total. The van der Waals surface area contributed by atoms with E-state index >= 15 is 0 Å². The minimum atomic E-state index is -0.700. The van der Waals surface area contributed by atoms with Gasteiger partial charge in [0.2, 0.25) is 0 Å². The fourth-order valence-corrected chi connectivity index (χ4v) is 3.16. The van der Waals surface area contributed by atoms with Gasteiger partial charge in [-0.15, -0.1) is 0 Å². The molecule has 1 unspecified atom stereocenters. The van der Waals surface area contributed by atoms with Gasteiger partial charge in [-0.3, -0.25) is 0 Å². The molecule has 0 aliphatic rings. The maximum Gasteiger partial charge on any atom is 0.161 e. The van der Waals surface area contributed by atoms with Crippen LogP contribution in [-0.4, -0.2) is 14.2 Å². The van der Waals surface area contributed by atoms with Crippen molar-refractivity contribution < 1.29 is 9.47 Å². The Balaban J connectivity index is 2.37. The number of rotatable bonds is 5. The fourth-order valence-electron chi connectivity index (χ4n) is 2.12. The molecule has 0 aliphatic carbocycles. The lowest BCUT2D eigenvalue weighted by Crippen LogP contribution is -2.14. The molecule has 2 aromatic carbocycles. The van der Waals surface area contributed by atoms with E-state index in [1.165, 1.54) is 17.3 Å². The lowest BCUT2D eigenvalue weighted by molar-refractivity contribution is 0.354. The number of methoxy groups -OCH3 is 2. The van der Waals surface area contributed by atoms with Gasteiger partial charge >= 0.3 is 0 Å². The molecule has 0 aliphatic heterocycles. The van der Waals surface area contributed by atoms with Crippen molar-refractivity contribution in [2.24, 2.45) is 0 Å². The molecule has 0 N–H and O–H groups in total. The number of hydrogen-bond donors (Lipinski definition) is 0. The Labute approximate surface area is 135 Å². The van der Waals surface area contributed by atoms with E-state index in [0.717, 1.165) is 10.5 Å². The predicted octanol–water partition coefficient (Wildman–Crippen LogP) is 4.54. The molecule has 114 valence electrons. The zero-order valence-electron chi connectivity index (χ0n) is 13.2. The lowest BCUT2D eigenvalue weighted by atomic mass is 10.0. The van der Waals surface area contributed by atoms with Gasteiger partial charge in [0.25, 0.3) is 0 Å². The van der Waals surface area contributed by atoms with Gasteiger partial charge in [0.15, 0.2) is 11.5 Å². The van der Waals surface area contributed by atoms with Crippen molar-refractivity contribution in [1.82, 2.24) is 0 Å². The van der Waals surface area contributed by atoms with Gasteiger partial charge in [0.05, 0.1) is 20.3 Å². The van der Waals surface area contributed by atoms with Crippen molar-refractivity contribution in [2.45, 2.75) is 23.5 Å². The molecule has 0 bridgehead atoms. The maximum absolute atomic E-state index is 9.70. The highest BCUT2D eigenvalue weighted by atomic mass is 32.2. The summed E-state index contributed by atoms with van der Waals surface area (Å²) in [6.45, 7) is 3.96. The second kappa shape index (κ2) is 6.76. The van der Waals surface area contributed by atoms with Gasteiger partial charge < -0.3 is 9.47 Å². The van der Waals surface area contributed by atoms with Crippen molar-refractivity contribution in [3.8, 4) is 17.6 Å². The molecule has 0 heterocycles. The van der Waals surface area contributed by atoms with Crippen LogP contribution in [-0.2, 0) is 4.75 Å². The van der Waals surface area contributed by atoms with E-state index in [4.69, 9.17) is 9.47 Å². The van der Waals surface area contributed by atoms with Gasteiger partial charge in [-0.2, -0.15) is 5.26 Å². The summed E-state index contributed by atoms with van der Waals surface area (Å²) in [5, 5.41) is 9.70. The van der Waals surface area contributed by atoms with Crippen LogP contribution in [0.2, 0.25) is 0 Å². The van der Waals surface area contributed by atoms with Gasteiger partial charge in [0, 0.05) is 4.90 Å². The Morgan fingerprint density at radius 3 is 2.18 bits per heavy atom. The first-order valence-electron chi connectivity index (χ1n) is 6.92. The zero-order chi connectivity index (χ0) is 16.2. The summed E-state index contributed by atoms with van der Waals surface area (Å²) in [6.07, 6.45) is 0. The smallest absolute Gasteiger partial charge is 0.161 e. The van der Waals surface area contributed by atoms with E-state index in [1.807, 2.05) is 44.2 Å². The largest absolute Gasteiger partial charge is 0.493 e. The summed E-state index contributed by atoms with van der Waals surface area (Å²) in [7, 11) is 3.19. The standard InChI is InChI=1S/C18H19NO2S/c1-13-5-8-15(9-6-13)22-18(2,12-19)14-7-10-16(20-3)17(11-14)21-4/h5-11H,1-4H3. The Hall–Kier alpha value is -2.12. The number of ether oxygens (including phenoxy) is 2. The van der Waals surface area contributed by atoms with Gasteiger partial charge in [-0.1, -0.05) is 35.5 Å². The predicted molar refractivity (Wildman–Crippen MR) is 89.5 cm³/mol. The summed E-state index contributed by atoms with van der Waals surface area (Å²) < 4.78 is 9.89. The van der Waals surface area contributed by atoms with Crippen LogP contribution in [0.5, 0.6) is 11.5 Å². The van der Waals surface area contributed by atoms with Crippen molar-refractivity contribution in [2.75, 3.05) is 14.2 Å². The highest BCUT2D eigenvalue weighted by Gasteiger charge is 2.29. The molecule has 0 fully saturated rings. The topological polar surface area (TPSA) is 42.2 Å². The average molecular weight is 313 g/mol. The second-order valence-electron chi connectivity index (χ2n) is 5.13. The molecule has 0 aromatic heterocycles. The summed E-state index contributed by atoms with van der Waals surface area (Å²) >= 11 is 1.53. The van der Waals surface area contributed by atoms with Crippen molar-refractivity contribution in [1.29, 1.82) is 5.26 Å². The Morgan fingerprint density at radius 2 is 1.64 bits per heavy atom. The molecule has 4 heteroatoms. The molecular formula is C18H19NO2S. The third-order valence-electron chi connectivity index (χ3n) is 3.49. The third kappa shape index (κ3) is 3.37. The van der Waals surface area contributed by atoms with Crippen LogP contribution < -0.4 is 9.47 Å². The SMILES string of the molecule is COc1ccc(C(C)(C#N)Sc2ccc(C)cc2)cc1OC. The lowest BCUT2D eigenvalue weighted by Gasteiger charge is -2.22. The van der Waals surface area contributed by atoms with Gasteiger partial charge in [-0.05, 0) is 43.7 Å². The highest BCUT2D eigenvalue weighted by Crippen LogP contribution is 2.43. The van der Waals surface area contributed by atoms with Gasteiger partial charge in [-0.25, -0.2) is 0 Å². The van der Waals surface area contributed by atoms with Crippen LogP contribution in [0.15, 0.2) is 47.4 Å². The van der Waals surface area contributed by atoms with Crippen LogP contribution in [0.25, 0.3) is 0 Å². The number of benzene rings is 2. The molecule has 1 atom stereocenters. The number of nitrogens with zero attached hydrogens (tertiary/aromatic N) is 1. The minimum Gasteiger partial charge on any atom is -0.493 e. The van der Waals surface area contributed by atoms with Crippen molar-refractivity contribution in [3.05, 3.63) is 53.6 Å². The fraction of sp³-hybridized carbons (Fsp3) is 0.278. The van der Waals surface area contributed by atoms with Crippen molar-refractivity contribution >= 4 is 11.8 Å². The normalized spacial score (nSPS) is 13.0. The molecule has 0 saturated carbocycles. The van der Waals surface area contributed by atoms with E-state index in [-0.39, 0.29) is 0 Å². The molecule has 0 amide bonds. The number of aryl methyl sites for hydroxylation is 1. The van der Waals surface area contributed by atoms with Crippen LogP contribution >= 0.6 is 11.8 Å². The van der Waals surface area contributed by atoms with Crippen LogP contribution in [0.4, 0.5) is 0 Å². The molecular weight excluding hydrogens is 294 g/mol. The summed E-state index contributed by atoms with van der Waals surface area (Å²) in [5.74, 6) is 1.29. The Kier molecular flexibility index (Phi) is 4.99. The Bertz CT molecular complexity index is 691. The Morgan fingerprint density at radius 1 is 1.00 bits per heavy atom. The molecule has 2 aromatic rings. The first kappa shape index (κ1) is 16.3. The van der Waals surface area contributed by atoms with Gasteiger partial charge in [0.1, 0.15) is 4.75 Å². The summed E-state index contributed by atoms with van der Waals surface area (Å²) in [6, 6.07) is 16.2. The van der Waals surface area contributed by atoms with Crippen LogP contribution in [0, 0.1) is 18.3 Å². The summed E-state index contributed by atoms with van der Waals surface area (Å²) in [4.78, 5) is 1.06.